The fourth-order valence-corrected chi connectivity index (χ4v) is 4.71. The molecule has 5 atom stereocenters. The van der Waals surface area contributed by atoms with Crippen LogP contribution < -0.4 is 4.74 Å². The summed E-state index contributed by atoms with van der Waals surface area (Å²) in [6.45, 7) is 4.55. The van der Waals surface area contributed by atoms with Gasteiger partial charge in [-0.2, -0.15) is 0 Å². The molecular formula is C20H28N2O3. The smallest absolute Gasteiger partial charge is 0.119 e. The molecule has 0 aliphatic carbocycles. The molecule has 5 unspecified atom stereocenters. The zero-order valence-corrected chi connectivity index (χ0v) is 15.0. The fraction of sp³-hybridized carbons (Fsp3) is 0.550. The molecule has 3 N–H and O–H groups in total. The van der Waals surface area contributed by atoms with E-state index < -0.39 is 6.10 Å². The molecule has 3 fully saturated rings. The summed E-state index contributed by atoms with van der Waals surface area (Å²) in [5.41, 5.74) is 1.89. The normalized spacial score (nSPS) is 29.2. The van der Waals surface area contributed by atoms with E-state index >= 15 is 0 Å². The summed E-state index contributed by atoms with van der Waals surface area (Å²) in [5.74, 6) is 2.37. The van der Waals surface area contributed by atoms with Crippen molar-refractivity contribution in [2.24, 2.45) is 11.8 Å². The van der Waals surface area contributed by atoms with Gasteiger partial charge < -0.3 is 15.3 Å². The van der Waals surface area contributed by atoms with Crippen LogP contribution in [0.5, 0.6) is 5.75 Å². The van der Waals surface area contributed by atoms with Gasteiger partial charge in [0, 0.05) is 24.2 Å². The Bertz CT molecular complexity index is 736. The van der Waals surface area contributed by atoms with Crippen LogP contribution >= 0.6 is 0 Å². The Morgan fingerprint density at radius 1 is 1.36 bits per heavy atom. The van der Waals surface area contributed by atoms with Crippen LogP contribution in [0, 0.1) is 11.8 Å². The lowest BCUT2D eigenvalue weighted by atomic mass is 9.72. The van der Waals surface area contributed by atoms with Gasteiger partial charge in [0.25, 0.3) is 0 Å². The van der Waals surface area contributed by atoms with Crippen molar-refractivity contribution in [3.8, 4) is 5.75 Å². The first kappa shape index (κ1) is 18.1. The monoisotopic (exact) mass is 344 g/mol. The topological polar surface area (TPSA) is 77.1 Å². The van der Waals surface area contributed by atoms with E-state index in [0.717, 1.165) is 53.6 Å². The highest BCUT2D eigenvalue weighted by atomic mass is 16.5. The number of aliphatic hydroxyl groups is 1. The third kappa shape index (κ3) is 3.12. The fourth-order valence-electron chi connectivity index (χ4n) is 4.71. The summed E-state index contributed by atoms with van der Waals surface area (Å²) in [7, 11) is 1.67. The van der Waals surface area contributed by atoms with Crippen molar-refractivity contribution < 1.29 is 15.3 Å². The second-order valence-corrected chi connectivity index (χ2v) is 7.24. The third-order valence-corrected chi connectivity index (χ3v) is 6.13. The van der Waals surface area contributed by atoms with Crippen molar-refractivity contribution >= 4 is 10.9 Å². The van der Waals surface area contributed by atoms with Gasteiger partial charge in [0.15, 0.2) is 0 Å². The van der Waals surface area contributed by atoms with Crippen LogP contribution in [0.2, 0.25) is 0 Å². The second-order valence-electron chi connectivity index (χ2n) is 7.24. The molecule has 0 radical (unpaired) electrons. The maximum atomic E-state index is 11.2. The first-order valence-corrected chi connectivity index (χ1v) is 9.06. The van der Waals surface area contributed by atoms with Crippen LogP contribution in [-0.2, 0) is 0 Å². The molecule has 5 heteroatoms. The molecule has 3 saturated heterocycles. The molecule has 2 bridgehead atoms. The minimum atomic E-state index is -0.469. The number of aromatic nitrogens is 1. The van der Waals surface area contributed by atoms with Crippen LogP contribution in [0.1, 0.15) is 37.9 Å². The molecule has 2 aromatic rings. The van der Waals surface area contributed by atoms with Crippen molar-refractivity contribution in [1.29, 1.82) is 0 Å². The van der Waals surface area contributed by atoms with E-state index in [1.807, 2.05) is 24.3 Å². The largest absolute Gasteiger partial charge is 0.497 e. The predicted octanol–water partition coefficient (Wildman–Crippen LogP) is 2.57. The average molecular weight is 344 g/mol. The second kappa shape index (κ2) is 7.28. The highest BCUT2D eigenvalue weighted by Crippen LogP contribution is 2.42. The zero-order valence-electron chi connectivity index (χ0n) is 15.0. The van der Waals surface area contributed by atoms with Gasteiger partial charge in [0.1, 0.15) is 5.75 Å². The first-order valence-electron chi connectivity index (χ1n) is 9.06. The molecule has 1 aromatic heterocycles. The number of rotatable bonds is 4. The lowest BCUT2D eigenvalue weighted by Crippen LogP contribution is -2.55. The third-order valence-electron chi connectivity index (χ3n) is 6.13. The summed E-state index contributed by atoms with van der Waals surface area (Å²) in [5, 5.41) is 12.2. The summed E-state index contributed by atoms with van der Waals surface area (Å²) in [6.07, 6.45) is 4.97. The number of nitrogens with zero attached hydrogens (tertiary/aromatic N) is 2. The number of pyridine rings is 1. The molecular weight excluding hydrogens is 316 g/mol. The number of hydrogen-bond donors (Lipinski definition) is 1. The first-order chi connectivity index (χ1) is 11.7. The Morgan fingerprint density at radius 2 is 2.20 bits per heavy atom. The van der Waals surface area contributed by atoms with Crippen LogP contribution in [0.15, 0.2) is 30.5 Å². The summed E-state index contributed by atoms with van der Waals surface area (Å²) < 4.78 is 5.36. The molecule has 1 aromatic carbocycles. The standard InChI is InChI=1S/C20H26N2O2.H2O/c1-3-13-12-22-9-7-14(13)10-19(22)20(23)16-6-8-21-18-5-4-15(24-2)11-17(16)18;/h4-6,8,11,13-14,19-20,23H,3,7,9-10,12H2,1-2H3;1H2. The van der Waals surface area contributed by atoms with Gasteiger partial charge in [-0.25, -0.2) is 0 Å². The van der Waals surface area contributed by atoms with E-state index in [4.69, 9.17) is 4.74 Å². The number of ether oxygens (including phenoxy) is 1. The Morgan fingerprint density at radius 3 is 2.88 bits per heavy atom. The number of methoxy groups -OCH3 is 1. The quantitative estimate of drug-likeness (QED) is 0.925. The van der Waals surface area contributed by atoms with E-state index in [-0.39, 0.29) is 11.5 Å². The van der Waals surface area contributed by atoms with Crippen molar-refractivity contribution in [2.75, 3.05) is 20.2 Å². The molecule has 5 rings (SSSR count). The Labute approximate surface area is 148 Å². The summed E-state index contributed by atoms with van der Waals surface area (Å²) >= 11 is 0. The number of benzene rings is 1. The Balaban J connectivity index is 0.00000182. The van der Waals surface area contributed by atoms with Gasteiger partial charge in [-0.1, -0.05) is 13.3 Å². The average Bonchev–Trinajstić information content (AvgIpc) is 2.66. The molecule has 0 saturated carbocycles. The van der Waals surface area contributed by atoms with E-state index in [1.54, 1.807) is 13.3 Å². The zero-order chi connectivity index (χ0) is 16.7. The lowest BCUT2D eigenvalue weighted by molar-refractivity contribution is -0.0562. The molecule has 4 heterocycles. The number of piperidine rings is 3. The van der Waals surface area contributed by atoms with Crippen molar-refractivity contribution in [3.05, 3.63) is 36.0 Å². The van der Waals surface area contributed by atoms with E-state index in [0.29, 0.717) is 0 Å². The van der Waals surface area contributed by atoms with Gasteiger partial charge in [-0.3, -0.25) is 9.88 Å². The Hall–Kier alpha value is -1.69. The van der Waals surface area contributed by atoms with Crippen molar-refractivity contribution in [3.63, 3.8) is 0 Å². The maximum absolute atomic E-state index is 11.2. The Kier molecular flexibility index (Phi) is 5.27. The molecule has 25 heavy (non-hydrogen) atoms. The van der Waals surface area contributed by atoms with Gasteiger partial charge in [0.05, 0.1) is 18.7 Å². The van der Waals surface area contributed by atoms with E-state index in [9.17, 15) is 5.11 Å². The van der Waals surface area contributed by atoms with Crippen LogP contribution in [0.4, 0.5) is 0 Å². The highest BCUT2D eigenvalue weighted by molar-refractivity contribution is 5.83. The molecule has 0 amide bonds. The van der Waals surface area contributed by atoms with E-state index in [1.165, 1.54) is 12.8 Å². The molecule has 136 valence electrons. The maximum Gasteiger partial charge on any atom is 0.119 e. The van der Waals surface area contributed by atoms with Crippen molar-refractivity contribution in [2.45, 2.75) is 38.3 Å². The molecule has 5 nitrogen and oxygen atoms in total. The van der Waals surface area contributed by atoms with Crippen LogP contribution in [0.3, 0.4) is 0 Å². The molecule has 0 spiro atoms. The lowest BCUT2D eigenvalue weighted by Gasteiger charge is -2.51. The minimum absolute atomic E-state index is 0. The summed E-state index contributed by atoms with van der Waals surface area (Å²) in [4.78, 5) is 6.94. The van der Waals surface area contributed by atoms with Crippen LogP contribution in [-0.4, -0.2) is 46.7 Å². The van der Waals surface area contributed by atoms with Crippen LogP contribution in [0.25, 0.3) is 10.9 Å². The SMILES string of the molecule is CCC1CN2CCC1CC2C(O)c1ccnc2ccc(OC)cc12.O. The molecule has 3 aliphatic rings. The van der Waals surface area contributed by atoms with Gasteiger partial charge in [-0.05, 0) is 61.1 Å². The van der Waals surface area contributed by atoms with Gasteiger partial charge in [0.2, 0.25) is 0 Å². The van der Waals surface area contributed by atoms with Crippen molar-refractivity contribution in [1.82, 2.24) is 9.88 Å². The molecule has 3 aliphatic heterocycles. The van der Waals surface area contributed by atoms with Gasteiger partial charge in [-0.15, -0.1) is 0 Å². The summed E-state index contributed by atoms with van der Waals surface area (Å²) in [6, 6.07) is 8.07. The number of fused-ring (bicyclic) bond motifs is 4. The van der Waals surface area contributed by atoms with E-state index in [2.05, 4.69) is 16.8 Å². The number of hydrogen-bond acceptors (Lipinski definition) is 4. The number of aliphatic hydroxyl groups excluding tert-OH is 1. The minimum Gasteiger partial charge on any atom is -0.497 e. The van der Waals surface area contributed by atoms with Gasteiger partial charge >= 0.3 is 0 Å². The highest BCUT2D eigenvalue weighted by Gasteiger charge is 2.42. The predicted molar refractivity (Wildman–Crippen MR) is 98.7 cm³/mol.